The van der Waals surface area contributed by atoms with E-state index in [9.17, 15) is 26.4 Å². The lowest BCUT2D eigenvalue weighted by Gasteiger charge is -2.09. The van der Waals surface area contributed by atoms with E-state index in [-0.39, 0.29) is 6.07 Å². The topological polar surface area (TPSA) is 51.2 Å². The molecule has 94 valence electrons. The van der Waals surface area contributed by atoms with E-state index < -0.39 is 43.9 Å². The highest BCUT2D eigenvalue weighted by molar-refractivity contribution is 7.92. The maximum atomic E-state index is 13.2. The van der Waals surface area contributed by atoms with Gasteiger partial charge in [-0.25, -0.2) is 21.6 Å². The minimum Gasteiger partial charge on any atom is -0.293 e. The fourth-order valence-corrected chi connectivity index (χ4v) is 1.64. The van der Waals surface area contributed by atoms with Crippen LogP contribution >= 0.6 is 0 Å². The van der Waals surface area contributed by atoms with Crippen LogP contribution in [0.5, 0.6) is 0 Å². The zero-order valence-electron chi connectivity index (χ0n) is 9.00. The highest BCUT2D eigenvalue weighted by Crippen LogP contribution is 2.17. The van der Waals surface area contributed by atoms with Crippen molar-refractivity contribution in [2.24, 2.45) is 0 Å². The Morgan fingerprint density at radius 3 is 2.06 bits per heavy atom. The standard InChI is InChI=1S/C10H9F3O3S/c1-5(17(2,15)16)10(14)6-3-8(12)9(13)4-7(6)11/h3-5H,1-2H3. The smallest absolute Gasteiger partial charge is 0.183 e. The van der Waals surface area contributed by atoms with E-state index in [0.717, 1.165) is 13.2 Å². The van der Waals surface area contributed by atoms with Crippen LogP contribution in [0, 0.1) is 17.5 Å². The van der Waals surface area contributed by atoms with Crippen LogP contribution in [-0.2, 0) is 9.84 Å². The van der Waals surface area contributed by atoms with E-state index >= 15 is 0 Å². The van der Waals surface area contributed by atoms with Crippen LogP contribution in [0.4, 0.5) is 13.2 Å². The Morgan fingerprint density at radius 2 is 1.59 bits per heavy atom. The summed E-state index contributed by atoms with van der Waals surface area (Å²) in [6.45, 7) is 1.05. The average molecular weight is 266 g/mol. The predicted molar refractivity (Wildman–Crippen MR) is 55.0 cm³/mol. The number of halogens is 3. The first-order chi connectivity index (χ1) is 7.64. The Hall–Kier alpha value is -1.37. The number of carbonyl (C=O) groups is 1. The molecule has 1 unspecified atom stereocenters. The third kappa shape index (κ3) is 2.85. The van der Waals surface area contributed by atoms with Gasteiger partial charge in [0.1, 0.15) is 11.1 Å². The van der Waals surface area contributed by atoms with Crippen LogP contribution in [0.3, 0.4) is 0 Å². The summed E-state index contributed by atoms with van der Waals surface area (Å²) in [5.41, 5.74) is -0.776. The molecule has 0 heterocycles. The Morgan fingerprint density at radius 1 is 1.12 bits per heavy atom. The molecule has 0 aromatic heterocycles. The van der Waals surface area contributed by atoms with Crippen LogP contribution in [0.25, 0.3) is 0 Å². The average Bonchev–Trinajstić information content (AvgIpc) is 2.20. The summed E-state index contributed by atoms with van der Waals surface area (Å²) in [6.07, 6.45) is 0.799. The maximum absolute atomic E-state index is 13.2. The van der Waals surface area contributed by atoms with Gasteiger partial charge in [-0.1, -0.05) is 0 Å². The van der Waals surface area contributed by atoms with Gasteiger partial charge in [-0.3, -0.25) is 4.79 Å². The van der Waals surface area contributed by atoms with Gasteiger partial charge in [-0.05, 0) is 13.0 Å². The summed E-state index contributed by atoms with van der Waals surface area (Å²) in [5, 5.41) is -1.51. The second-order valence-electron chi connectivity index (χ2n) is 3.58. The number of sulfone groups is 1. The van der Waals surface area contributed by atoms with Crippen molar-refractivity contribution in [1.29, 1.82) is 0 Å². The van der Waals surface area contributed by atoms with Gasteiger partial charge in [0, 0.05) is 12.3 Å². The van der Waals surface area contributed by atoms with Crippen LogP contribution in [0.1, 0.15) is 17.3 Å². The first-order valence-corrected chi connectivity index (χ1v) is 6.47. The minimum atomic E-state index is -3.72. The number of hydrogen-bond donors (Lipinski definition) is 0. The largest absolute Gasteiger partial charge is 0.293 e. The van der Waals surface area contributed by atoms with Crippen molar-refractivity contribution in [2.75, 3.05) is 6.26 Å². The number of benzene rings is 1. The summed E-state index contributed by atoms with van der Waals surface area (Å²) in [5.74, 6) is -5.24. The van der Waals surface area contributed by atoms with E-state index in [4.69, 9.17) is 0 Å². The van der Waals surface area contributed by atoms with Crippen LogP contribution < -0.4 is 0 Å². The molecule has 0 aliphatic heterocycles. The van der Waals surface area contributed by atoms with Gasteiger partial charge in [-0.2, -0.15) is 0 Å². The molecule has 0 saturated heterocycles. The fraction of sp³-hybridized carbons (Fsp3) is 0.300. The predicted octanol–water partition coefficient (Wildman–Crippen LogP) is 1.72. The molecule has 0 saturated carbocycles. The van der Waals surface area contributed by atoms with E-state index in [0.29, 0.717) is 6.07 Å². The lowest BCUT2D eigenvalue weighted by molar-refractivity contribution is 0.0987. The SMILES string of the molecule is CC(C(=O)c1cc(F)c(F)cc1F)S(C)(=O)=O. The lowest BCUT2D eigenvalue weighted by atomic mass is 10.1. The van der Waals surface area contributed by atoms with Crippen LogP contribution in [-0.4, -0.2) is 25.7 Å². The summed E-state index contributed by atoms with van der Waals surface area (Å²) >= 11 is 0. The van der Waals surface area contributed by atoms with Crippen LogP contribution in [0.2, 0.25) is 0 Å². The van der Waals surface area contributed by atoms with Crippen molar-refractivity contribution in [1.82, 2.24) is 0 Å². The van der Waals surface area contributed by atoms with Gasteiger partial charge in [0.05, 0.1) is 5.56 Å². The highest BCUT2D eigenvalue weighted by Gasteiger charge is 2.27. The summed E-state index contributed by atoms with van der Waals surface area (Å²) in [6, 6.07) is 0.562. The minimum absolute atomic E-state index is 0.206. The molecule has 0 amide bonds. The number of Topliss-reactive ketones (excluding diaryl/α,β-unsaturated/α-hetero) is 1. The molecule has 0 spiro atoms. The van der Waals surface area contributed by atoms with E-state index in [1.807, 2.05) is 0 Å². The Kier molecular flexibility index (Phi) is 3.61. The molecule has 3 nitrogen and oxygen atoms in total. The summed E-state index contributed by atoms with van der Waals surface area (Å²) < 4.78 is 60.9. The molecule has 1 atom stereocenters. The van der Waals surface area contributed by atoms with Crippen molar-refractivity contribution in [3.05, 3.63) is 35.1 Å². The Bertz CT molecular complexity index is 566. The van der Waals surface area contributed by atoms with Gasteiger partial charge in [-0.15, -0.1) is 0 Å². The van der Waals surface area contributed by atoms with E-state index in [1.165, 1.54) is 0 Å². The monoisotopic (exact) mass is 266 g/mol. The molecule has 0 bridgehead atoms. The van der Waals surface area contributed by atoms with Crippen molar-refractivity contribution >= 4 is 15.6 Å². The number of ketones is 1. The molecule has 0 aliphatic rings. The molecule has 0 radical (unpaired) electrons. The zero-order chi connectivity index (χ0) is 13.4. The van der Waals surface area contributed by atoms with Gasteiger partial charge in [0.2, 0.25) is 0 Å². The molecular formula is C10H9F3O3S. The maximum Gasteiger partial charge on any atom is 0.183 e. The van der Waals surface area contributed by atoms with E-state index in [1.54, 1.807) is 0 Å². The third-order valence-corrected chi connectivity index (χ3v) is 3.79. The number of carbonyl (C=O) groups excluding carboxylic acids is 1. The number of rotatable bonds is 3. The van der Waals surface area contributed by atoms with Gasteiger partial charge in [0.25, 0.3) is 0 Å². The third-order valence-electron chi connectivity index (χ3n) is 2.29. The van der Waals surface area contributed by atoms with Crippen LogP contribution in [0.15, 0.2) is 12.1 Å². The summed E-state index contributed by atoms with van der Waals surface area (Å²) in [7, 11) is -3.72. The molecule has 1 rings (SSSR count). The van der Waals surface area contributed by atoms with Crippen molar-refractivity contribution in [2.45, 2.75) is 12.2 Å². The zero-order valence-corrected chi connectivity index (χ0v) is 9.82. The van der Waals surface area contributed by atoms with Gasteiger partial charge >= 0.3 is 0 Å². The number of hydrogen-bond acceptors (Lipinski definition) is 3. The van der Waals surface area contributed by atoms with Crippen molar-refractivity contribution in [3.8, 4) is 0 Å². The molecule has 1 aromatic carbocycles. The quantitative estimate of drug-likeness (QED) is 0.618. The molecule has 1 aromatic rings. The Balaban J connectivity index is 3.27. The molecule has 17 heavy (non-hydrogen) atoms. The second kappa shape index (κ2) is 4.48. The Labute approximate surface area is 96.2 Å². The van der Waals surface area contributed by atoms with E-state index in [2.05, 4.69) is 0 Å². The lowest BCUT2D eigenvalue weighted by Crippen LogP contribution is -2.27. The highest BCUT2D eigenvalue weighted by atomic mass is 32.2. The first-order valence-electron chi connectivity index (χ1n) is 4.52. The van der Waals surface area contributed by atoms with Crippen molar-refractivity contribution in [3.63, 3.8) is 0 Å². The normalized spacial score (nSPS) is 13.5. The molecule has 0 N–H and O–H groups in total. The first kappa shape index (κ1) is 13.7. The molecule has 0 fully saturated rings. The van der Waals surface area contributed by atoms with Gasteiger partial charge < -0.3 is 0 Å². The fourth-order valence-electron chi connectivity index (χ4n) is 1.12. The molecule has 0 aliphatic carbocycles. The second-order valence-corrected chi connectivity index (χ2v) is 5.95. The molecule has 7 heteroatoms. The molecular weight excluding hydrogens is 257 g/mol. The summed E-state index contributed by atoms with van der Waals surface area (Å²) in [4.78, 5) is 11.6. The van der Waals surface area contributed by atoms with Crippen molar-refractivity contribution < 1.29 is 26.4 Å². The van der Waals surface area contributed by atoms with Gasteiger partial charge in [0.15, 0.2) is 27.3 Å².